The SMILES string of the molecule is c1ccc(Nc2ccc3[nH]c4ccc(N(c5ccccc5)c5cccc6ccccc56)cc4c3c2)cc1. The number of fused-ring (bicyclic) bond motifs is 4. The van der Waals surface area contributed by atoms with E-state index in [1.165, 1.54) is 21.5 Å². The number of benzene rings is 6. The van der Waals surface area contributed by atoms with Crippen LogP contribution in [-0.2, 0) is 0 Å². The topological polar surface area (TPSA) is 31.1 Å². The molecule has 1 aromatic heterocycles. The van der Waals surface area contributed by atoms with Crippen LogP contribution in [0.15, 0.2) is 140 Å². The van der Waals surface area contributed by atoms with E-state index in [-0.39, 0.29) is 0 Å². The van der Waals surface area contributed by atoms with Crippen molar-refractivity contribution in [1.29, 1.82) is 0 Å². The van der Waals surface area contributed by atoms with Crippen molar-refractivity contribution < 1.29 is 0 Å². The summed E-state index contributed by atoms with van der Waals surface area (Å²) in [6, 6.07) is 49.2. The van der Waals surface area contributed by atoms with Crippen LogP contribution in [-0.4, -0.2) is 4.98 Å². The molecule has 0 unspecified atom stereocenters. The molecule has 0 bridgehead atoms. The van der Waals surface area contributed by atoms with Crippen molar-refractivity contribution in [3.05, 3.63) is 140 Å². The zero-order chi connectivity index (χ0) is 24.6. The molecule has 7 rings (SSSR count). The van der Waals surface area contributed by atoms with Crippen molar-refractivity contribution in [2.45, 2.75) is 0 Å². The van der Waals surface area contributed by atoms with Crippen molar-refractivity contribution in [2.75, 3.05) is 10.2 Å². The molecule has 0 radical (unpaired) electrons. The van der Waals surface area contributed by atoms with Crippen LogP contribution in [0.5, 0.6) is 0 Å². The van der Waals surface area contributed by atoms with E-state index in [2.05, 4.69) is 137 Å². The minimum atomic E-state index is 1.07. The van der Waals surface area contributed by atoms with Gasteiger partial charge < -0.3 is 15.2 Å². The minimum Gasteiger partial charge on any atom is -0.356 e. The summed E-state index contributed by atoms with van der Waals surface area (Å²) in [5, 5.41) is 8.38. The number of anilines is 5. The van der Waals surface area contributed by atoms with Crippen LogP contribution in [0.3, 0.4) is 0 Å². The maximum absolute atomic E-state index is 3.60. The van der Waals surface area contributed by atoms with Gasteiger partial charge in [-0.25, -0.2) is 0 Å². The van der Waals surface area contributed by atoms with Gasteiger partial charge in [0.05, 0.1) is 5.69 Å². The molecule has 3 heteroatoms. The summed E-state index contributed by atoms with van der Waals surface area (Å²) in [6.07, 6.45) is 0. The van der Waals surface area contributed by atoms with Gasteiger partial charge in [0.2, 0.25) is 0 Å². The molecule has 176 valence electrons. The molecule has 0 aliphatic heterocycles. The number of H-pyrrole nitrogens is 1. The Hall–Kier alpha value is -5.02. The van der Waals surface area contributed by atoms with E-state index in [0.717, 1.165) is 39.5 Å². The van der Waals surface area contributed by atoms with Crippen LogP contribution in [0.4, 0.5) is 28.4 Å². The summed E-state index contributed by atoms with van der Waals surface area (Å²) in [6.45, 7) is 0. The predicted octanol–water partition coefficient (Wildman–Crippen LogP) is 9.69. The molecule has 6 aromatic carbocycles. The average Bonchev–Trinajstić information content (AvgIpc) is 3.32. The first kappa shape index (κ1) is 21.3. The molecule has 0 amide bonds. The molecular formula is C34H25N3. The summed E-state index contributed by atoms with van der Waals surface area (Å²) in [5.74, 6) is 0. The monoisotopic (exact) mass is 475 g/mol. The number of rotatable bonds is 5. The van der Waals surface area contributed by atoms with Gasteiger partial charge in [-0.15, -0.1) is 0 Å². The lowest BCUT2D eigenvalue weighted by atomic mass is 10.1. The largest absolute Gasteiger partial charge is 0.356 e. The quantitative estimate of drug-likeness (QED) is 0.260. The van der Waals surface area contributed by atoms with Gasteiger partial charge in [-0.2, -0.15) is 0 Å². The van der Waals surface area contributed by atoms with E-state index in [1.807, 2.05) is 18.2 Å². The third-order valence-corrected chi connectivity index (χ3v) is 6.92. The molecule has 0 saturated heterocycles. The Morgan fingerprint density at radius 3 is 1.97 bits per heavy atom. The molecule has 3 nitrogen and oxygen atoms in total. The second kappa shape index (κ2) is 8.89. The maximum Gasteiger partial charge on any atom is 0.0540 e. The highest BCUT2D eigenvalue weighted by molar-refractivity contribution is 6.10. The van der Waals surface area contributed by atoms with Gasteiger partial charge in [0, 0.05) is 49.9 Å². The molecule has 0 aliphatic rings. The standard InChI is InChI=1S/C34H25N3/c1-3-12-25(13-4-1)35-26-18-20-32-30(22-26)31-23-28(19-21-33(31)36-32)37(27-14-5-2-6-15-27)34-17-9-11-24-10-7-8-16-29(24)34/h1-23,35-36H. The van der Waals surface area contributed by atoms with Gasteiger partial charge in [-0.1, -0.05) is 72.8 Å². The fraction of sp³-hybridized carbons (Fsp3) is 0. The Morgan fingerprint density at radius 1 is 0.459 bits per heavy atom. The van der Waals surface area contributed by atoms with Crippen LogP contribution in [0.1, 0.15) is 0 Å². The lowest BCUT2D eigenvalue weighted by molar-refractivity contribution is 1.30. The number of hydrogen-bond donors (Lipinski definition) is 2. The molecule has 0 spiro atoms. The first-order chi connectivity index (χ1) is 18.3. The second-order valence-corrected chi connectivity index (χ2v) is 9.28. The molecule has 0 aliphatic carbocycles. The Bertz CT molecular complexity index is 1850. The van der Waals surface area contributed by atoms with E-state index in [4.69, 9.17) is 0 Å². The fourth-order valence-corrected chi connectivity index (χ4v) is 5.20. The average molecular weight is 476 g/mol. The molecule has 2 N–H and O–H groups in total. The number of nitrogens with zero attached hydrogens (tertiary/aromatic N) is 1. The Morgan fingerprint density at radius 2 is 1.14 bits per heavy atom. The Labute approximate surface area is 215 Å². The summed E-state index contributed by atoms with van der Waals surface area (Å²) >= 11 is 0. The van der Waals surface area contributed by atoms with Gasteiger partial charge in [0.1, 0.15) is 0 Å². The van der Waals surface area contributed by atoms with Gasteiger partial charge in [-0.3, -0.25) is 0 Å². The van der Waals surface area contributed by atoms with Gasteiger partial charge in [0.25, 0.3) is 0 Å². The second-order valence-electron chi connectivity index (χ2n) is 9.28. The number of para-hydroxylation sites is 2. The van der Waals surface area contributed by atoms with Crippen LogP contribution >= 0.6 is 0 Å². The summed E-state index contributed by atoms with van der Waals surface area (Å²) in [4.78, 5) is 5.95. The number of nitrogens with one attached hydrogen (secondary N) is 2. The highest BCUT2D eigenvalue weighted by atomic mass is 15.1. The highest BCUT2D eigenvalue weighted by Gasteiger charge is 2.16. The fourth-order valence-electron chi connectivity index (χ4n) is 5.20. The normalized spacial score (nSPS) is 11.2. The predicted molar refractivity (Wildman–Crippen MR) is 158 cm³/mol. The first-order valence-electron chi connectivity index (χ1n) is 12.5. The van der Waals surface area contributed by atoms with Crippen LogP contribution < -0.4 is 10.2 Å². The van der Waals surface area contributed by atoms with E-state index < -0.39 is 0 Å². The van der Waals surface area contributed by atoms with Crippen LogP contribution in [0, 0.1) is 0 Å². The van der Waals surface area contributed by atoms with E-state index >= 15 is 0 Å². The number of aromatic nitrogens is 1. The Balaban J connectivity index is 1.41. The van der Waals surface area contributed by atoms with Crippen molar-refractivity contribution >= 4 is 61.0 Å². The van der Waals surface area contributed by atoms with E-state index in [1.54, 1.807) is 0 Å². The third kappa shape index (κ3) is 3.87. The zero-order valence-corrected chi connectivity index (χ0v) is 20.2. The van der Waals surface area contributed by atoms with Gasteiger partial charge >= 0.3 is 0 Å². The molecule has 1 heterocycles. The first-order valence-corrected chi connectivity index (χ1v) is 12.5. The Kier molecular flexibility index (Phi) is 5.11. The van der Waals surface area contributed by atoms with Crippen molar-refractivity contribution in [2.24, 2.45) is 0 Å². The van der Waals surface area contributed by atoms with Gasteiger partial charge in [0.15, 0.2) is 0 Å². The zero-order valence-electron chi connectivity index (χ0n) is 20.2. The van der Waals surface area contributed by atoms with Crippen molar-refractivity contribution in [3.8, 4) is 0 Å². The highest BCUT2D eigenvalue weighted by Crippen LogP contribution is 2.40. The maximum atomic E-state index is 3.60. The van der Waals surface area contributed by atoms with Crippen molar-refractivity contribution in [1.82, 2.24) is 4.98 Å². The summed E-state index contributed by atoms with van der Waals surface area (Å²) in [5.41, 5.74) is 7.81. The lowest BCUT2D eigenvalue weighted by Crippen LogP contribution is -2.10. The van der Waals surface area contributed by atoms with E-state index in [0.29, 0.717) is 0 Å². The molecule has 0 atom stereocenters. The number of hydrogen-bond acceptors (Lipinski definition) is 2. The number of aromatic amines is 1. The van der Waals surface area contributed by atoms with Crippen LogP contribution in [0.2, 0.25) is 0 Å². The van der Waals surface area contributed by atoms with Crippen LogP contribution in [0.25, 0.3) is 32.6 Å². The summed E-state index contributed by atoms with van der Waals surface area (Å²) < 4.78 is 0. The summed E-state index contributed by atoms with van der Waals surface area (Å²) in [7, 11) is 0. The lowest BCUT2D eigenvalue weighted by Gasteiger charge is -2.27. The van der Waals surface area contributed by atoms with Gasteiger partial charge in [-0.05, 0) is 72.1 Å². The smallest absolute Gasteiger partial charge is 0.0540 e. The molecular weight excluding hydrogens is 450 g/mol. The minimum absolute atomic E-state index is 1.07. The van der Waals surface area contributed by atoms with E-state index in [9.17, 15) is 0 Å². The molecule has 0 saturated carbocycles. The van der Waals surface area contributed by atoms with Crippen molar-refractivity contribution in [3.63, 3.8) is 0 Å². The molecule has 7 aromatic rings. The third-order valence-electron chi connectivity index (χ3n) is 6.92. The molecule has 0 fully saturated rings. The molecule has 37 heavy (non-hydrogen) atoms.